The Kier molecular flexibility index (Phi) is 3.52. The lowest BCUT2D eigenvalue weighted by Crippen LogP contribution is -2.19. The maximum absolute atomic E-state index is 10.8. The van der Waals surface area contributed by atoms with E-state index < -0.39 is 6.10 Å². The van der Waals surface area contributed by atoms with Gasteiger partial charge in [0, 0.05) is 0 Å². The molecule has 0 spiro atoms. The Balaban J connectivity index is 2.11. The Morgan fingerprint density at radius 1 is 0.900 bits per heavy atom. The van der Waals surface area contributed by atoms with Crippen molar-refractivity contribution in [2.24, 2.45) is 5.16 Å². The van der Waals surface area contributed by atoms with Crippen molar-refractivity contribution in [2.45, 2.75) is 24.9 Å². The molecule has 0 amide bonds. The Labute approximate surface area is 118 Å². The maximum Gasteiger partial charge on any atom is 0.0914 e. The van der Waals surface area contributed by atoms with Crippen LogP contribution in [0.25, 0.3) is 0 Å². The largest absolute Gasteiger partial charge is 0.411 e. The van der Waals surface area contributed by atoms with Gasteiger partial charge in [-0.1, -0.05) is 59.8 Å². The van der Waals surface area contributed by atoms with E-state index in [9.17, 15) is 10.3 Å². The Bertz CT molecular complexity index is 622. The summed E-state index contributed by atoms with van der Waals surface area (Å²) in [7, 11) is 0. The molecule has 0 fully saturated rings. The van der Waals surface area contributed by atoms with Gasteiger partial charge in [0.15, 0.2) is 0 Å². The van der Waals surface area contributed by atoms with Crippen LogP contribution in [-0.2, 0) is 6.42 Å². The van der Waals surface area contributed by atoms with Crippen molar-refractivity contribution in [3.63, 3.8) is 0 Å². The SMILES string of the molecule is O/N=C1\CCc2ccccc2C(O)C1c1ccccc1. The lowest BCUT2D eigenvalue weighted by Gasteiger charge is -2.22. The molecule has 3 heteroatoms. The summed E-state index contributed by atoms with van der Waals surface area (Å²) >= 11 is 0. The third-order valence-corrected chi connectivity index (χ3v) is 3.99. The number of hydrogen-bond acceptors (Lipinski definition) is 3. The van der Waals surface area contributed by atoms with Crippen LogP contribution in [0, 0.1) is 0 Å². The summed E-state index contributed by atoms with van der Waals surface area (Å²) in [5.74, 6) is -0.287. The van der Waals surface area contributed by atoms with Crippen molar-refractivity contribution >= 4 is 5.71 Å². The quantitative estimate of drug-likeness (QED) is 0.473. The van der Waals surface area contributed by atoms with Crippen LogP contribution in [-0.4, -0.2) is 16.0 Å². The molecule has 3 nitrogen and oxygen atoms in total. The molecule has 0 saturated heterocycles. The zero-order chi connectivity index (χ0) is 13.9. The molecule has 0 bridgehead atoms. The Morgan fingerprint density at radius 2 is 1.60 bits per heavy atom. The number of rotatable bonds is 1. The summed E-state index contributed by atoms with van der Waals surface area (Å²) in [4.78, 5) is 0. The van der Waals surface area contributed by atoms with E-state index in [2.05, 4.69) is 5.16 Å². The number of aliphatic hydroxyl groups is 1. The van der Waals surface area contributed by atoms with Crippen molar-refractivity contribution in [2.75, 3.05) is 0 Å². The zero-order valence-corrected chi connectivity index (χ0v) is 11.1. The van der Waals surface area contributed by atoms with E-state index in [0.29, 0.717) is 12.1 Å². The second kappa shape index (κ2) is 5.47. The maximum atomic E-state index is 10.8. The molecule has 0 radical (unpaired) electrons. The van der Waals surface area contributed by atoms with E-state index in [1.807, 2.05) is 54.6 Å². The minimum Gasteiger partial charge on any atom is -0.411 e. The standard InChI is InChI=1S/C17H17NO2/c19-17-14-9-5-4-6-12(14)10-11-15(18-20)16(17)13-7-2-1-3-8-13/h1-9,16-17,19-20H,10-11H2/b18-15+. The van der Waals surface area contributed by atoms with Crippen molar-refractivity contribution in [3.8, 4) is 0 Å². The van der Waals surface area contributed by atoms with Crippen molar-refractivity contribution < 1.29 is 10.3 Å². The molecular formula is C17H17NO2. The zero-order valence-electron chi connectivity index (χ0n) is 11.1. The molecule has 2 aromatic rings. The van der Waals surface area contributed by atoms with Gasteiger partial charge in [-0.15, -0.1) is 0 Å². The smallest absolute Gasteiger partial charge is 0.0914 e. The topological polar surface area (TPSA) is 52.8 Å². The van der Waals surface area contributed by atoms with Gasteiger partial charge in [0.25, 0.3) is 0 Å². The number of aryl methyl sites for hydroxylation is 1. The summed E-state index contributed by atoms with van der Waals surface area (Å²) in [6.45, 7) is 0. The number of oxime groups is 1. The van der Waals surface area contributed by atoms with Gasteiger partial charge in [-0.25, -0.2) is 0 Å². The highest BCUT2D eigenvalue weighted by molar-refractivity contribution is 5.92. The first-order valence-electron chi connectivity index (χ1n) is 6.83. The van der Waals surface area contributed by atoms with Gasteiger partial charge in [0.2, 0.25) is 0 Å². The number of aliphatic hydroxyl groups excluding tert-OH is 1. The van der Waals surface area contributed by atoms with Crippen LogP contribution in [0.2, 0.25) is 0 Å². The normalized spacial score (nSPS) is 24.1. The lowest BCUT2D eigenvalue weighted by molar-refractivity contribution is 0.166. The average molecular weight is 267 g/mol. The summed E-state index contributed by atoms with van der Waals surface area (Å²) in [5.41, 5.74) is 3.67. The fraction of sp³-hybridized carbons (Fsp3) is 0.235. The number of benzene rings is 2. The first-order valence-corrected chi connectivity index (χ1v) is 6.83. The van der Waals surface area contributed by atoms with E-state index in [1.54, 1.807) is 0 Å². The van der Waals surface area contributed by atoms with Gasteiger partial charge in [-0.05, 0) is 29.5 Å². The summed E-state index contributed by atoms with van der Waals surface area (Å²) in [5, 5.41) is 23.5. The van der Waals surface area contributed by atoms with Crippen LogP contribution in [0.3, 0.4) is 0 Å². The lowest BCUT2D eigenvalue weighted by atomic mass is 9.86. The van der Waals surface area contributed by atoms with E-state index >= 15 is 0 Å². The molecule has 0 aliphatic heterocycles. The van der Waals surface area contributed by atoms with Crippen LogP contribution in [0.15, 0.2) is 59.8 Å². The fourth-order valence-corrected chi connectivity index (χ4v) is 2.98. The van der Waals surface area contributed by atoms with E-state index in [1.165, 1.54) is 0 Å². The first-order chi connectivity index (χ1) is 9.81. The van der Waals surface area contributed by atoms with Gasteiger partial charge < -0.3 is 10.3 Å². The molecule has 0 aromatic heterocycles. The van der Waals surface area contributed by atoms with Crippen molar-refractivity contribution in [3.05, 3.63) is 71.3 Å². The van der Waals surface area contributed by atoms with Crippen LogP contribution >= 0.6 is 0 Å². The van der Waals surface area contributed by atoms with E-state index in [0.717, 1.165) is 23.1 Å². The van der Waals surface area contributed by atoms with Crippen molar-refractivity contribution in [1.29, 1.82) is 0 Å². The summed E-state index contributed by atoms with van der Waals surface area (Å²) in [6, 6.07) is 17.6. The highest BCUT2D eigenvalue weighted by Gasteiger charge is 2.32. The molecule has 102 valence electrons. The van der Waals surface area contributed by atoms with Crippen LogP contribution in [0.5, 0.6) is 0 Å². The van der Waals surface area contributed by atoms with Crippen LogP contribution in [0.4, 0.5) is 0 Å². The molecule has 3 rings (SSSR count). The Hall–Kier alpha value is -2.13. The molecule has 20 heavy (non-hydrogen) atoms. The summed E-state index contributed by atoms with van der Waals surface area (Å²) < 4.78 is 0. The molecule has 1 aliphatic rings. The summed E-state index contributed by atoms with van der Waals surface area (Å²) in [6.07, 6.45) is 0.766. The van der Waals surface area contributed by atoms with Gasteiger partial charge >= 0.3 is 0 Å². The molecule has 2 unspecified atom stereocenters. The highest BCUT2D eigenvalue weighted by atomic mass is 16.4. The monoisotopic (exact) mass is 267 g/mol. The fourth-order valence-electron chi connectivity index (χ4n) is 2.98. The number of fused-ring (bicyclic) bond motifs is 1. The molecule has 2 aromatic carbocycles. The number of hydrogen-bond donors (Lipinski definition) is 2. The predicted molar refractivity (Wildman–Crippen MR) is 78.1 cm³/mol. The van der Waals surface area contributed by atoms with Gasteiger partial charge in [0.1, 0.15) is 0 Å². The minimum absolute atomic E-state index is 0.287. The first kappa shape index (κ1) is 12.9. The van der Waals surface area contributed by atoms with Gasteiger partial charge in [-0.2, -0.15) is 0 Å². The third kappa shape index (κ3) is 2.21. The predicted octanol–water partition coefficient (Wildman–Crippen LogP) is 3.28. The third-order valence-electron chi connectivity index (χ3n) is 3.99. The Morgan fingerprint density at radius 3 is 2.35 bits per heavy atom. The van der Waals surface area contributed by atoms with E-state index in [-0.39, 0.29) is 5.92 Å². The highest BCUT2D eigenvalue weighted by Crippen LogP contribution is 2.38. The van der Waals surface area contributed by atoms with Crippen LogP contribution in [0.1, 0.15) is 35.1 Å². The van der Waals surface area contributed by atoms with Crippen molar-refractivity contribution in [1.82, 2.24) is 0 Å². The molecule has 2 N–H and O–H groups in total. The molecular weight excluding hydrogens is 250 g/mol. The molecule has 0 saturated carbocycles. The van der Waals surface area contributed by atoms with Gasteiger partial charge in [0.05, 0.1) is 17.7 Å². The van der Waals surface area contributed by atoms with Crippen LogP contribution < -0.4 is 0 Å². The van der Waals surface area contributed by atoms with Gasteiger partial charge in [-0.3, -0.25) is 0 Å². The second-order valence-corrected chi connectivity index (χ2v) is 5.12. The number of nitrogens with zero attached hydrogens (tertiary/aromatic N) is 1. The van der Waals surface area contributed by atoms with E-state index in [4.69, 9.17) is 0 Å². The molecule has 0 heterocycles. The minimum atomic E-state index is -0.679. The second-order valence-electron chi connectivity index (χ2n) is 5.12. The average Bonchev–Trinajstić information content (AvgIpc) is 2.65. The molecule has 1 aliphatic carbocycles. The molecule has 2 atom stereocenters.